The molecule has 0 saturated heterocycles. The zero-order chi connectivity index (χ0) is 22.6. The highest BCUT2D eigenvalue weighted by atomic mass is 35.5. The maximum atomic E-state index is 14.2. The molecule has 1 unspecified atom stereocenters. The van der Waals surface area contributed by atoms with Crippen molar-refractivity contribution in [1.29, 1.82) is 0 Å². The molecule has 1 aliphatic heterocycles. The summed E-state index contributed by atoms with van der Waals surface area (Å²) in [5, 5.41) is -0.706. The van der Waals surface area contributed by atoms with Gasteiger partial charge in [0.25, 0.3) is 6.43 Å². The molecule has 31 heavy (non-hydrogen) atoms. The van der Waals surface area contributed by atoms with Gasteiger partial charge in [-0.05, 0) is 40.1 Å². The van der Waals surface area contributed by atoms with Crippen LogP contribution in [0.4, 0.5) is 26.3 Å². The smallest absolute Gasteiger partial charge is 0.417 e. The van der Waals surface area contributed by atoms with Crippen LogP contribution in [0.3, 0.4) is 0 Å². The van der Waals surface area contributed by atoms with Crippen LogP contribution < -0.4 is 0 Å². The van der Waals surface area contributed by atoms with Crippen molar-refractivity contribution in [1.82, 2.24) is 0 Å². The van der Waals surface area contributed by atoms with E-state index in [9.17, 15) is 26.3 Å². The molecule has 0 saturated carbocycles. The Morgan fingerprint density at radius 1 is 0.935 bits per heavy atom. The highest BCUT2D eigenvalue weighted by molar-refractivity contribution is 6.35. The van der Waals surface area contributed by atoms with E-state index in [2.05, 4.69) is 0 Å². The average molecular weight is 477 g/mol. The minimum Gasteiger partial charge on any atom is -0.483 e. The summed E-state index contributed by atoms with van der Waals surface area (Å²) in [7, 11) is 0. The van der Waals surface area contributed by atoms with Crippen LogP contribution in [0.15, 0.2) is 54.8 Å². The predicted octanol–water partition coefficient (Wildman–Crippen LogP) is 8.23. The number of ether oxygens (including phenoxy) is 1. The second-order valence-corrected chi connectivity index (χ2v) is 7.90. The molecule has 0 amide bonds. The van der Waals surface area contributed by atoms with Gasteiger partial charge in [-0.3, -0.25) is 0 Å². The Bertz CT molecular complexity index is 1180. The molecule has 0 radical (unpaired) electrons. The van der Waals surface area contributed by atoms with Gasteiger partial charge in [0.2, 0.25) is 0 Å². The zero-order valence-corrected chi connectivity index (χ0v) is 16.9. The maximum absolute atomic E-state index is 14.2. The molecule has 0 N–H and O–H groups in total. The summed E-state index contributed by atoms with van der Waals surface area (Å²) in [4.78, 5) is 0. The molecule has 1 nitrogen and oxygen atoms in total. The van der Waals surface area contributed by atoms with E-state index in [0.717, 1.165) is 24.5 Å². The topological polar surface area (TPSA) is 9.23 Å². The van der Waals surface area contributed by atoms with Crippen molar-refractivity contribution >= 4 is 39.5 Å². The Morgan fingerprint density at radius 2 is 1.55 bits per heavy atom. The van der Waals surface area contributed by atoms with Crippen molar-refractivity contribution in [2.75, 3.05) is 0 Å². The molecule has 9 heteroatoms. The van der Waals surface area contributed by atoms with Gasteiger partial charge in [0.1, 0.15) is 0 Å². The van der Waals surface area contributed by atoms with E-state index in [1.807, 2.05) is 0 Å². The predicted molar refractivity (Wildman–Crippen MR) is 107 cm³/mol. The lowest BCUT2D eigenvalue weighted by atomic mass is 9.85. The Labute approximate surface area is 182 Å². The molecule has 162 valence electrons. The Kier molecular flexibility index (Phi) is 5.38. The lowest BCUT2D eigenvalue weighted by Crippen LogP contribution is -2.34. The third kappa shape index (κ3) is 3.64. The van der Waals surface area contributed by atoms with Crippen LogP contribution in [0.25, 0.3) is 16.3 Å². The first kappa shape index (κ1) is 21.8. The maximum Gasteiger partial charge on any atom is 0.417 e. The minimum absolute atomic E-state index is 0.0594. The number of rotatable bonds is 3. The molecular weight excluding hydrogens is 465 g/mol. The van der Waals surface area contributed by atoms with Crippen LogP contribution in [0.2, 0.25) is 10.0 Å². The van der Waals surface area contributed by atoms with E-state index in [0.29, 0.717) is 5.56 Å². The number of fused-ring (bicyclic) bond motifs is 1. The summed E-state index contributed by atoms with van der Waals surface area (Å²) in [5.74, 6) is -0.948. The summed E-state index contributed by atoms with van der Waals surface area (Å²) in [5.41, 5.74) is -2.59. The number of hydrogen-bond acceptors (Lipinski definition) is 1. The summed E-state index contributed by atoms with van der Waals surface area (Å²) in [6.07, 6.45) is -6.92. The van der Waals surface area contributed by atoms with Gasteiger partial charge in [-0.15, -0.1) is 0 Å². The monoisotopic (exact) mass is 476 g/mol. The molecule has 1 atom stereocenters. The van der Waals surface area contributed by atoms with E-state index < -0.39 is 39.6 Å². The van der Waals surface area contributed by atoms with E-state index in [1.54, 1.807) is 6.07 Å². The Hall–Kier alpha value is -2.38. The van der Waals surface area contributed by atoms with Crippen LogP contribution in [-0.2, 0) is 16.5 Å². The summed E-state index contributed by atoms with van der Waals surface area (Å²) >= 11 is 11.5. The standard InChI is InChI=1S/C22H12Cl2F6O/c23-17-7-12(8-18(24)19(17)25)21(20(26)27)9-11(10-31-21)13-5-6-16(22(28,29)30)15-4-2-1-3-14(13)15/h1-8,10,20H,9H2. The van der Waals surface area contributed by atoms with E-state index >= 15 is 0 Å². The van der Waals surface area contributed by atoms with E-state index in [-0.39, 0.29) is 28.3 Å². The third-order valence-corrected chi connectivity index (χ3v) is 5.81. The van der Waals surface area contributed by atoms with Gasteiger partial charge in [0.15, 0.2) is 11.4 Å². The van der Waals surface area contributed by atoms with Crippen LogP contribution in [-0.4, -0.2) is 6.43 Å². The molecule has 0 fully saturated rings. The van der Waals surface area contributed by atoms with Crippen molar-refractivity contribution in [3.8, 4) is 0 Å². The van der Waals surface area contributed by atoms with Crippen molar-refractivity contribution in [2.45, 2.75) is 24.6 Å². The van der Waals surface area contributed by atoms with E-state index in [4.69, 9.17) is 27.9 Å². The first-order valence-electron chi connectivity index (χ1n) is 8.94. The van der Waals surface area contributed by atoms with Gasteiger partial charge in [-0.2, -0.15) is 13.2 Å². The van der Waals surface area contributed by atoms with Crippen LogP contribution in [0, 0.1) is 5.82 Å². The lowest BCUT2D eigenvalue weighted by Gasteiger charge is -2.29. The second kappa shape index (κ2) is 7.64. The third-order valence-electron chi connectivity index (χ3n) is 5.26. The second-order valence-electron chi connectivity index (χ2n) is 7.09. The number of halogens is 8. The fourth-order valence-electron chi connectivity index (χ4n) is 3.75. The largest absolute Gasteiger partial charge is 0.483 e. The molecule has 0 aliphatic carbocycles. The van der Waals surface area contributed by atoms with Gasteiger partial charge >= 0.3 is 6.18 Å². The fraction of sp³-hybridized carbons (Fsp3) is 0.182. The normalized spacial score (nSPS) is 19.1. The minimum atomic E-state index is -4.58. The zero-order valence-electron chi connectivity index (χ0n) is 15.4. The summed E-state index contributed by atoms with van der Waals surface area (Å²) in [6.45, 7) is 0. The van der Waals surface area contributed by atoms with Gasteiger partial charge in [-0.1, -0.05) is 53.5 Å². The first-order chi connectivity index (χ1) is 14.5. The average Bonchev–Trinajstić information content (AvgIpc) is 3.16. The Balaban J connectivity index is 1.81. The van der Waals surface area contributed by atoms with Crippen LogP contribution in [0.1, 0.15) is 23.1 Å². The highest BCUT2D eigenvalue weighted by Crippen LogP contribution is 2.49. The molecule has 0 bridgehead atoms. The molecule has 4 rings (SSSR count). The van der Waals surface area contributed by atoms with Crippen molar-refractivity contribution in [3.63, 3.8) is 0 Å². The number of alkyl halides is 5. The van der Waals surface area contributed by atoms with Crippen molar-refractivity contribution in [3.05, 3.63) is 87.3 Å². The van der Waals surface area contributed by atoms with Crippen LogP contribution >= 0.6 is 23.2 Å². The molecular formula is C22H12Cl2F6O. The molecule has 3 aromatic rings. The van der Waals surface area contributed by atoms with Crippen molar-refractivity contribution < 1.29 is 31.1 Å². The summed E-state index contributed by atoms with van der Waals surface area (Å²) in [6, 6.07) is 9.98. The molecule has 1 heterocycles. The first-order valence-corrected chi connectivity index (χ1v) is 9.69. The SMILES string of the molecule is Fc1c(Cl)cc(C2(C(F)F)CC(c3ccc(C(F)(F)F)c4ccccc34)=CO2)cc1Cl. The van der Waals surface area contributed by atoms with Gasteiger partial charge in [-0.25, -0.2) is 13.2 Å². The van der Waals surface area contributed by atoms with Gasteiger partial charge in [0.05, 0.1) is 21.9 Å². The van der Waals surface area contributed by atoms with Gasteiger partial charge in [0, 0.05) is 12.0 Å². The van der Waals surface area contributed by atoms with E-state index in [1.165, 1.54) is 24.3 Å². The molecule has 3 aromatic carbocycles. The molecule has 0 aromatic heterocycles. The lowest BCUT2D eigenvalue weighted by molar-refractivity contribution is -0.136. The Morgan fingerprint density at radius 3 is 2.13 bits per heavy atom. The van der Waals surface area contributed by atoms with Crippen molar-refractivity contribution in [2.24, 2.45) is 0 Å². The molecule has 0 spiro atoms. The summed E-state index contributed by atoms with van der Waals surface area (Å²) < 4.78 is 87.7. The number of hydrogen-bond donors (Lipinski definition) is 0. The highest BCUT2D eigenvalue weighted by Gasteiger charge is 2.48. The van der Waals surface area contributed by atoms with Gasteiger partial charge < -0.3 is 4.74 Å². The number of benzene rings is 3. The molecule has 1 aliphatic rings. The van der Waals surface area contributed by atoms with Crippen LogP contribution in [0.5, 0.6) is 0 Å². The fourth-order valence-corrected chi connectivity index (χ4v) is 4.24. The quantitative estimate of drug-likeness (QED) is 0.273.